The normalized spacial score (nSPS) is 16.4. The molecule has 1 amide bonds. The van der Waals surface area contributed by atoms with Gasteiger partial charge in [-0.2, -0.15) is 0 Å². The lowest BCUT2D eigenvalue weighted by Gasteiger charge is -2.21. The maximum atomic E-state index is 12.0. The van der Waals surface area contributed by atoms with Gasteiger partial charge in [-0.25, -0.2) is 8.42 Å². The van der Waals surface area contributed by atoms with Gasteiger partial charge >= 0.3 is 0 Å². The quantitative estimate of drug-likeness (QED) is 0.876. The number of hydrogen-bond acceptors (Lipinski definition) is 3. The van der Waals surface area contributed by atoms with Crippen LogP contribution in [-0.4, -0.2) is 27.1 Å². The molecule has 6 heteroatoms. The maximum Gasteiger partial charge on any atom is 0.251 e. The number of rotatable bonds is 5. The lowest BCUT2D eigenvalue weighted by molar-refractivity contribution is 0.0943. The largest absolute Gasteiger partial charge is 0.352 e. The number of benzene rings is 1. The van der Waals surface area contributed by atoms with Gasteiger partial charge in [-0.15, -0.1) is 0 Å². The molecule has 1 fully saturated rings. The summed E-state index contributed by atoms with van der Waals surface area (Å²) in [6.07, 6.45) is 7.30. The molecule has 0 bridgehead atoms. The number of amides is 1. The molecule has 116 valence electrons. The molecule has 0 unspecified atom stereocenters. The van der Waals surface area contributed by atoms with Crippen molar-refractivity contribution >= 4 is 21.6 Å². The Kier molecular flexibility index (Phi) is 5.22. The molecular weight excluding hydrogens is 288 g/mol. The Bertz CT molecular complexity index is 575. The lowest BCUT2D eigenvalue weighted by atomic mass is 9.89. The first-order valence-electron chi connectivity index (χ1n) is 7.30. The van der Waals surface area contributed by atoms with E-state index in [0.29, 0.717) is 17.2 Å². The molecule has 0 heterocycles. The summed E-state index contributed by atoms with van der Waals surface area (Å²) in [5.74, 6) is 0.486. The molecule has 1 aromatic rings. The molecule has 21 heavy (non-hydrogen) atoms. The van der Waals surface area contributed by atoms with Crippen molar-refractivity contribution in [2.75, 3.05) is 17.5 Å². The number of carbonyl (C=O) groups excluding carboxylic acids is 1. The highest BCUT2D eigenvalue weighted by Gasteiger charge is 2.14. The number of carbonyl (C=O) groups is 1. The van der Waals surface area contributed by atoms with Crippen LogP contribution in [0.2, 0.25) is 0 Å². The highest BCUT2D eigenvalue weighted by molar-refractivity contribution is 7.92. The monoisotopic (exact) mass is 310 g/mol. The predicted octanol–water partition coefficient (Wildman–Crippen LogP) is 2.37. The summed E-state index contributed by atoms with van der Waals surface area (Å²) in [6.45, 7) is 0.724. The van der Waals surface area contributed by atoms with Crippen LogP contribution >= 0.6 is 0 Å². The van der Waals surface area contributed by atoms with E-state index >= 15 is 0 Å². The Labute approximate surface area is 126 Å². The zero-order valence-corrected chi connectivity index (χ0v) is 13.1. The molecule has 2 N–H and O–H groups in total. The predicted molar refractivity (Wildman–Crippen MR) is 83.8 cm³/mol. The number of sulfonamides is 1. The number of nitrogens with one attached hydrogen (secondary N) is 2. The smallest absolute Gasteiger partial charge is 0.251 e. The van der Waals surface area contributed by atoms with Crippen molar-refractivity contribution in [3.05, 3.63) is 29.8 Å². The molecule has 0 aliphatic heterocycles. The van der Waals surface area contributed by atoms with Gasteiger partial charge in [0.25, 0.3) is 5.91 Å². The molecule has 1 saturated carbocycles. The van der Waals surface area contributed by atoms with E-state index in [1.165, 1.54) is 32.1 Å². The molecule has 0 aromatic heterocycles. The van der Waals surface area contributed by atoms with Crippen LogP contribution in [0, 0.1) is 5.92 Å². The van der Waals surface area contributed by atoms with Crippen LogP contribution in [0.25, 0.3) is 0 Å². The van der Waals surface area contributed by atoms with Gasteiger partial charge in [0.1, 0.15) is 0 Å². The van der Waals surface area contributed by atoms with Crippen molar-refractivity contribution in [2.45, 2.75) is 32.1 Å². The highest BCUT2D eigenvalue weighted by Crippen LogP contribution is 2.22. The van der Waals surface area contributed by atoms with E-state index in [-0.39, 0.29) is 5.91 Å². The molecule has 5 nitrogen and oxygen atoms in total. The van der Waals surface area contributed by atoms with E-state index in [1.807, 2.05) is 0 Å². The van der Waals surface area contributed by atoms with E-state index in [9.17, 15) is 13.2 Å². The fourth-order valence-corrected chi connectivity index (χ4v) is 3.20. The zero-order chi connectivity index (χ0) is 15.3. The summed E-state index contributed by atoms with van der Waals surface area (Å²) >= 11 is 0. The Morgan fingerprint density at radius 1 is 1.14 bits per heavy atom. The van der Waals surface area contributed by atoms with Gasteiger partial charge in [0.2, 0.25) is 10.0 Å². The lowest BCUT2D eigenvalue weighted by Crippen LogP contribution is -2.30. The SMILES string of the molecule is CS(=O)(=O)Nc1ccc(C(=O)NCC2CCCCC2)cc1. The van der Waals surface area contributed by atoms with Crippen molar-refractivity contribution in [2.24, 2.45) is 5.92 Å². The fraction of sp³-hybridized carbons (Fsp3) is 0.533. The van der Waals surface area contributed by atoms with Crippen LogP contribution in [-0.2, 0) is 10.0 Å². The molecule has 0 spiro atoms. The average molecular weight is 310 g/mol. The van der Waals surface area contributed by atoms with Crippen LogP contribution in [0.5, 0.6) is 0 Å². The summed E-state index contributed by atoms with van der Waals surface area (Å²) < 4.78 is 24.6. The van der Waals surface area contributed by atoms with Gasteiger partial charge in [0.15, 0.2) is 0 Å². The van der Waals surface area contributed by atoms with E-state index in [4.69, 9.17) is 0 Å². The zero-order valence-electron chi connectivity index (χ0n) is 12.3. The average Bonchev–Trinajstić information content (AvgIpc) is 2.45. The van der Waals surface area contributed by atoms with Crippen LogP contribution < -0.4 is 10.0 Å². The minimum atomic E-state index is -3.29. The van der Waals surface area contributed by atoms with E-state index in [0.717, 1.165) is 12.8 Å². The molecule has 0 saturated heterocycles. The van der Waals surface area contributed by atoms with Crippen LogP contribution in [0.4, 0.5) is 5.69 Å². The minimum Gasteiger partial charge on any atom is -0.352 e. The van der Waals surface area contributed by atoms with Crippen molar-refractivity contribution in [3.8, 4) is 0 Å². The summed E-state index contributed by atoms with van der Waals surface area (Å²) in [5.41, 5.74) is 1.01. The third kappa shape index (κ3) is 5.38. The van der Waals surface area contributed by atoms with Gasteiger partial charge in [-0.1, -0.05) is 19.3 Å². The first-order chi connectivity index (χ1) is 9.94. The Hall–Kier alpha value is -1.56. The molecule has 1 aliphatic rings. The molecule has 1 aliphatic carbocycles. The van der Waals surface area contributed by atoms with Crippen molar-refractivity contribution in [1.29, 1.82) is 0 Å². The van der Waals surface area contributed by atoms with Crippen LogP contribution in [0.15, 0.2) is 24.3 Å². The van der Waals surface area contributed by atoms with Crippen molar-refractivity contribution in [3.63, 3.8) is 0 Å². The fourth-order valence-electron chi connectivity index (χ4n) is 2.63. The Morgan fingerprint density at radius 3 is 2.33 bits per heavy atom. The standard InChI is InChI=1S/C15H22N2O3S/c1-21(19,20)17-14-9-7-13(8-10-14)15(18)16-11-12-5-3-2-4-6-12/h7-10,12,17H,2-6,11H2,1H3,(H,16,18). The van der Waals surface area contributed by atoms with Crippen LogP contribution in [0.1, 0.15) is 42.5 Å². The Morgan fingerprint density at radius 2 is 1.76 bits per heavy atom. The summed E-state index contributed by atoms with van der Waals surface area (Å²) in [4.78, 5) is 12.0. The van der Waals surface area contributed by atoms with E-state index < -0.39 is 10.0 Å². The second-order valence-electron chi connectivity index (χ2n) is 5.67. The van der Waals surface area contributed by atoms with E-state index in [1.54, 1.807) is 24.3 Å². The number of hydrogen-bond donors (Lipinski definition) is 2. The van der Waals surface area contributed by atoms with Crippen molar-refractivity contribution < 1.29 is 13.2 Å². The van der Waals surface area contributed by atoms with Gasteiger partial charge in [-0.3, -0.25) is 9.52 Å². The third-order valence-electron chi connectivity index (χ3n) is 3.73. The maximum absolute atomic E-state index is 12.0. The topological polar surface area (TPSA) is 75.3 Å². The first kappa shape index (κ1) is 15.8. The molecule has 0 atom stereocenters. The summed E-state index contributed by atoms with van der Waals surface area (Å²) in [5, 5.41) is 2.96. The van der Waals surface area contributed by atoms with Gasteiger partial charge in [0.05, 0.1) is 6.26 Å². The Balaban J connectivity index is 1.87. The summed E-state index contributed by atoms with van der Waals surface area (Å²) in [6, 6.07) is 6.45. The third-order valence-corrected chi connectivity index (χ3v) is 4.33. The van der Waals surface area contributed by atoms with Crippen LogP contribution in [0.3, 0.4) is 0 Å². The summed E-state index contributed by atoms with van der Waals surface area (Å²) in [7, 11) is -3.29. The molecule has 2 rings (SSSR count). The number of anilines is 1. The first-order valence-corrected chi connectivity index (χ1v) is 9.19. The second-order valence-corrected chi connectivity index (χ2v) is 7.41. The van der Waals surface area contributed by atoms with Crippen molar-refractivity contribution in [1.82, 2.24) is 5.32 Å². The van der Waals surface area contributed by atoms with Gasteiger partial charge < -0.3 is 5.32 Å². The van der Waals surface area contributed by atoms with Gasteiger partial charge in [-0.05, 0) is 43.0 Å². The molecule has 1 aromatic carbocycles. The van der Waals surface area contributed by atoms with Gasteiger partial charge in [0, 0.05) is 17.8 Å². The highest BCUT2D eigenvalue weighted by atomic mass is 32.2. The second kappa shape index (κ2) is 6.93. The molecular formula is C15H22N2O3S. The minimum absolute atomic E-state index is 0.105. The molecule has 0 radical (unpaired) electrons. The van der Waals surface area contributed by atoms with E-state index in [2.05, 4.69) is 10.0 Å².